The number of rotatable bonds is 7. The number of morpholine rings is 2. The normalized spacial score (nSPS) is 19.9. The summed E-state index contributed by atoms with van der Waals surface area (Å²) in [6.45, 7) is 1.56. The summed E-state index contributed by atoms with van der Waals surface area (Å²) in [5.41, 5.74) is 6.39. The average Bonchev–Trinajstić information content (AvgIpc) is 3.31. The van der Waals surface area contributed by atoms with Crippen LogP contribution in [-0.2, 0) is 28.6 Å². The van der Waals surface area contributed by atoms with Crippen LogP contribution in [0.15, 0.2) is 47.0 Å². The van der Waals surface area contributed by atoms with Gasteiger partial charge in [-0.1, -0.05) is 17.3 Å². The number of carbonyl (C=O) groups excluding carboxylic acids is 3. The van der Waals surface area contributed by atoms with Crippen LogP contribution in [0.1, 0.15) is 18.5 Å². The third-order valence-corrected chi connectivity index (χ3v) is 6.93. The Balaban J connectivity index is 1.39. The molecule has 2 amide bonds. The fourth-order valence-corrected chi connectivity index (χ4v) is 5.06. The van der Waals surface area contributed by atoms with Gasteiger partial charge in [0.25, 0.3) is 11.8 Å². The van der Waals surface area contributed by atoms with E-state index in [1.807, 2.05) is 0 Å². The maximum Gasteiger partial charge on any atom is 0.408 e. The Bertz CT molecular complexity index is 1470. The molecule has 2 aliphatic heterocycles. The van der Waals surface area contributed by atoms with Crippen molar-refractivity contribution in [3.8, 4) is 0 Å². The van der Waals surface area contributed by atoms with E-state index in [0.29, 0.717) is 11.0 Å². The third kappa shape index (κ3) is 6.17. The standard InChI is InChI=1S/C27H28F3N5O7/c1-15(36)41-21(25(37)32-17-5-6-19-20(14-17)42-33-24(19)31)22-26(38)35(9-12-40-22)18-4-2-3-16(13-18)23(27(28,29)30)34-7-10-39-11-8-34/h2-6,13-14,21-23H,7-12H2,1H3,(H2,31,33)(H,32,37)/t21-,22-,23?/m1/s1. The van der Waals surface area contributed by atoms with Crippen LogP contribution in [0.25, 0.3) is 11.0 Å². The topological polar surface area (TPSA) is 149 Å². The van der Waals surface area contributed by atoms with Gasteiger partial charge in [0.05, 0.1) is 25.2 Å². The first-order valence-corrected chi connectivity index (χ1v) is 13.1. The molecule has 2 saturated heterocycles. The Kier molecular flexibility index (Phi) is 8.34. The third-order valence-electron chi connectivity index (χ3n) is 6.93. The van der Waals surface area contributed by atoms with Gasteiger partial charge in [0.2, 0.25) is 6.10 Å². The molecule has 3 atom stereocenters. The average molecular weight is 592 g/mol. The number of benzene rings is 2. The van der Waals surface area contributed by atoms with E-state index >= 15 is 0 Å². The smallest absolute Gasteiger partial charge is 0.408 e. The second kappa shape index (κ2) is 12.0. The summed E-state index contributed by atoms with van der Waals surface area (Å²) in [4.78, 5) is 41.3. The number of ether oxygens (including phenoxy) is 3. The molecule has 2 aromatic carbocycles. The van der Waals surface area contributed by atoms with Gasteiger partial charge in [-0.25, -0.2) is 0 Å². The molecule has 3 heterocycles. The van der Waals surface area contributed by atoms with Gasteiger partial charge in [-0.15, -0.1) is 0 Å². The second-order valence-electron chi connectivity index (χ2n) is 9.77. The van der Waals surface area contributed by atoms with Crippen molar-refractivity contribution in [2.45, 2.75) is 31.3 Å². The van der Waals surface area contributed by atoms with Gasteiger partial charge < -0.3 is 34.7 Å². The molecule has 2 aliphatic rings. The Hall–Kier alpha value is -4.21. The van der Waals surface area contributed by atoms with Crippen molar-refractivity contribution in [3.05, 3.63) is 48.0 Å². The van der Waals surface area contributed by atoms with Crippen molar-refractivity contribution < 1.29 is 46.3 Å². The highest BCUT2D eigenvalue weighted by molar-refractivity contribution is 6.05. The minimum atomic E-state index is -4.58. The van der Waals surface area contributed by atoms with E-state index in [0.717, 1.165) is 6.92 Å². The number of anilines is 3. The Morgan fingerprint density at radius 2 is 1.88 bits per heavy atom. The van der Waals surface area contributed by atoms with Crippen LogP contribution >= 0.6 is 0 Å². The predicted molar refractivity (Wildman–Crippen MR) is 142 cm³/mol. The van der Waals surface area contributed by atoms with Crippen molar-refractivity contribution in [3.63, 3.8) is 0 Å². The first kappa shape index (κ1) is 29.3. The number of hydrogen-bond acceptors (Lipinski definition) is 10. The van der Waals surface area contributed by atoms with Gasteiger partial charge >= 0.3 is 12.1 Å². The fourth-order valence-electron chi connectivity index (χ4n) is 5.06. The molecule has 0 spiro atoms. The van der Waals surface area contributed by atoms with Crippen LogP contribution in [0.3, 0.4) is 0 Å². The Morgan fingerprint density at radius 3 is 2.60 bits per heavy atom. The largest absolute Gasteiger partial charge is 0.449 e. The molecule has 224 valence electrons. The summed E-state index contributed by atoms with van der Waals surface area (Å²) in [6.07, 6.45) is -7.84. The lowest BCUT2D eigenvalue weighted by Crippen LogP contribution is -2.56. The zero-order chi connectivity index (χ0) is 30.0. The predicted octanol–water partition coefficient (Wildman–Crippen LogP) is 2.65. The molecule has 0 radical (unpaired) electrons. The molecule has 0 bridgehead atoms. The van der Waals surface area contributed by atoms with Gasteiger partial charge in [-0.2, -0.15) is 13.2 Å². The van der Waals surface area contributed by atoms with E-state index in [9.17, 15) is 27.6 Å². The highest BCUT2D eigenvalue weighted by atomic mass is 19.4. The highest BCUT2D eigenvalue weighted by Crippen LogP contribution is 2.39. The van der Waals surface area contributed by atoms with E-state index in [1.54, 1.807) is 6.07 Å². The number of amides is 2. The number of halogens is 3. The van der Waals surface area contributed by atoms with E-state index < -0.39 is 42.2 Å². The van der Waals surface area contributed by atoms with Crippen molar-refractivity contribution in [1.82, 2.24) is 10.1 Å². The lowest BCUT2D eigenvalue weighted by Gasteiger charge is -2.37. The van der Waals surface area contributed by atoms with Crippen LogP contribution in [0.4, 0.5) is 30.4 Å². The number of nitrogens with zero attached hydrogens (tertiary/aromatic N) is 3. The molecule has 0 aliphatic carbocycles. The van der Waals surface area contributed by atoms with Gasteiger partial charge in [-0.05, 0) is 29.8 Å². The molecule has 2 fully saturated rings. The van der Waals surface area contributed by atoms with Crippen molar-refractivity contribution in [2.24, 2.45) is 0 Å². The highest BCUT2D eigenvalue weighted by Gasteiger charge is 2.46. The molecular formula is C27H28F3N5O7. The maximum atomic E-state index is 14.2. The summed E-state index contributed by atoms with van der Waals surface area (Å²) in [7, 11) is 0. The van der Waals surface area contributed by atoms with Gasteiger partial charge in [0.15, 0.2) is 17.5 Å². The summed E-state index contributed by atoms with van der Waals surface area (Å²) in [5.74, 6) is -2.30. The number of nitrogen functional groups attached to an aromatic ring is 1. The number of nitrogens with one attached hydrogen (secondary N) is 1. The van der Waals surface area contributed by atoms with Crippen LogP contribution in [0, 0.1) is 0 Å². The molecule has 15 heteroatoms. The number of nitrogens with two attached hydrogens (primary N) is 1. The summed E-state index contributed by atoms with van der Waals surface area (Å²) in [6, 6.07) is 8.23. The van der Waals surface area contributed by atoms with Crippen LogP contribution < -0.4 is 16.0 Å². The molecular weight excluding hydrogens is 563 g/mol. The van der Waals surface area contributed by atoms with Crippen molar-refractivity contribution in [2.75, 3.05) is 55.4 Å². The molecule has 3 N–H and O–H groups in total. The number of esters is 1. The van der Waals surface area contributed by atoms with Gasteiger partial charge in [0, 0.05) is 44.0 Å². The summed E-state index contributed by atoms with van der Waals surface area (Å²) in [5, 5.41) is 6.73. The molecule has 0 saturated carbocycles. The SMILES string of the molecule is CC(=O)O[C@@H](C(=O)Nc1ccc2c(N)noc2c1)[C@H]1OCCN(c2cccc(C(N3CCOCC3)C(F)(F)F)c2)C1=O. The molecule has 42 heavy (non-hydrogen) atoms. The minimum absolute atomic E-state index is 0.00498. The quantitative estimate of drug-likeness (QED) is 0.393. The van der Waals surface area contributed by atoms with E-state index in [1.165, 1.54) is 46.2 Å². The number of aromatic nitrogens is 1. The van der Waals surface area contributed by atoms with Gasteiger partial charge in [0.1, 0.15) is 6.04 Å². The van der Waals surface area contributed by atoms with E-state index in [-0.39, 0.29) is 62.2 Å². The van der Waals surface area contributed by atoms with Crippen molar-refractivity contribution >= 4 is 45.9 Å². The first-order valence-electron chi connectivity index (χ1n) is 13.1. The molecule has 3 aromatic rings. The fraction of sp³-hybridized carbons (Fsp3) is 0.407. The Morgan fingerprint density at radius 1 is 1.12 bits per heavy atom. The van der Waals surface area contributed by atoms with E-state index in [4.69, 9.17) is 24.5 Å². The number of fused-ring (bicyclic) bond motifs is 1. The number of carbonyl (C=O) groups is 3. The molecule has 1 aromatic heterocycles. The van der Waals surface area contributed by atoms with Gasteiger partial charge in [-0.3, -0.25) is 19.3 Å². The first-order chi connectivity index (χ1) is 20.0. The summed E-state index contributed by atoms with van der Waals surface area (Å²) < 4.78 is 63.7. The van der Waals surface area contributed by atoms with E-state index in [2.05, 4.69) is 10.5 Å². The molecule has 1 unspecified atom stereocenters. The zero-order valence-electron chi connectivity index (χ0n) is 22.4. The lowest BCUT2D eigenvalue weighted by atomic mass is 10.0. The van der Waals surface area contributed by atoms with Crippen LogP contribution in [0.2, 0.25) is 0 Å². The van der Waals surface area contributed by atoms with Crippen LogP contribution in [0.5, 0.6) is 0 Å². The maximum absolute atomic E-state index is 14.2. The van der Waals surface area contributed by atoms with Crippen molar-refractivity contribution in [1.29, 1.82) is 0 Å². The lowest BCUT2D eigenvalue weighted by molar-refractivity contribution is -0.194. The Labute approximate surface area is 237 Å². The minimum Gasteiger partial charge on any atom is -0.449 e. The van der Waals surface area contributed by atoms with Crippen LogP contribution in [-0.4, -0.2) is 85.7 Å². The second-order valence-corrected chi connectivity index (χ2v) is 9.77. The number of hydrogen-bond donors (Lipinski definition) is 2. The number of alkyl halides is 3. The summed E-state index contributed by atoms with van der Waals surface area (Å²) >= 11 is 0. The molecule has 12 nitrogen and oxygen atoms in total. The monoisotopic (exact) mass is 591 g/mol. The zero-order valence-corrected chi connectivity index (χ0v) is 22.4. The molecule has 5 rings (SSSR count).